The highest BCUT2D eigenvalue weighted by atomic mass is 35.5. The van der Waals surface area contributed by atoms with E-state index in [0.717, 1.165) is 23.4 Å². The first kappa shape index (κ1) is 12.9. The maximum absolute atomic E-state index is 8.76. The second kappa shape index (κ2) is 5.43. The average molecular weight is 280 g/mol. The molecular weight excluding hydrogens is 269 g/mol. The summed E-state index contributed by atoms with van der Waals surface area (Å²) in [6.45, 7) is 2.01. The lowest BCUT2D eigenvalue weighted by atomic mass is 10.2. The van der Waals surface area contributed by atoms with Crippen molar-refractivity contribution < 1.29 is 0 Å². The van der Waals surface area contributed by atoms with E-state index >= 15 is 0 Å². The lowest BCUT2D eigenvalue weighted by molar-refractivity contribution is 0.841. The molecule has 18 heavy (non-hydrogen) atoms. The normalized spacial score (nSPS) is 10.3. The van der Waals surface area contributed by atoms with Crippen molar-refractivity contribution in [3.63, 3.8) is 0 Å². The Bertz CT molecular complexity index is 594. The Morgan fingerprint density at radius 1 is 1.33 bits per heavy atom. The first-order chi connectivity index (χ1) is 8.71. The van der Waals surface area contributed by atoms with Crippen LogP contribution in [0.1, 0.15) is 23.7 Å². The molecule has 0 N–H and O–H groups in total. The van der Waals surface area contributed by atoms with E-state index in [-0.39, 0.29) is 0 Å². The van der Waals surface area contributed by atoms with Crippen LogP contribution in [0.3, 0.4) is 0 Å². The summed E-state index contributed by atoms with van der Waals surface area (Å²) in [4.78, 5) is 0. The molecule has 5 heteroatoms. The SMILES string of the molecule is CCc1nn(-c2ccc(C#N)cc2)c(Cl)c1CCl. The van der Waals surface area contributed by atoms with Crippen molar-refractivity contribution in [1.82, 2.24) is 9.78 Å². The van der Waals surface area contributed by atoms with Gasteiger partial charge in [-0.05, 0) is 30.7 Å². The Labute approximate surface area is 116 Å². The topological polar surface area (TPSA) is 41.6 Å². The minimum absolute atomic E-state index is 0.346. The number of nitriles is 1. The standard InChI is InChI=1S/C13H11Cl2N3/c1-2-12-11(7-14)13(15)18(17-12)10-5-3-9(8-16)4-6-10/h3-6H,2,7H2,1H3. The van der Waals surface area contributed by atoms with E-state index in [9.17, 15) is 0 Å². The fraction of sp³-hybridized carbons (Fsp3) is 0.231. The summed E-state index contributed by atoms with van der Waals surface area (Å²) >= 11 is 12.2. The van der Waals surface area contributed by atoms with E-state index in [2.05, 4.69) is 11.2 Å². The summed E-state index contributed by atoms with van der Waals surface area (Å²) in [5, 5.41) is 13.7. The van der Waals surface area contributed by atoms with Crippen LogP contribution < -0.4 is 0 Å². The van der Waals surface area contributed by atoms with Gasteiger partial charge >= 0.3 is 0 Å². The molecule has 1 aromatic heterocycles. The first-order valence-electron chi connectivity index (χ1n) is 5.54. The van der Waals surface area contributed by atoms with E-state index in [4.69, 9.17) is 28.5 Å². The molecule has 0 saturated carbocycles. The molecule has 0 unspecified atom stereocenters. The molecule has 0 aliphatic rings. The van der Waals surface area contributed by atoms with Crippen molar-refractivity contribution in [1.29, 1.82) is 5.26 Å². The molecule has 0 saturated heterocycles. The molecule has 0 amide bonds. The second-order valence-electron chi connectivity index (χ2n) is 3.77. The van der Waals surface area contributed by atoms with Gasteiger partial charge in [-0.25, -0.2) is 4.68 Å². The molecular formula is C13H11Cl2N3. The lowest BCUT2D eigenvalue weighted by Gasteiger charge is -2.02. The Balaban J connectivity index is 2.50. The van der Waals surface area contributed by atoms with Crippen molar-refractivity contribution in [2.75, 3.05) is 0 Å². The van der Waals surface area contributed by atoms with E-state index < -0.39 is 0 Å². The maximum Gasteiger partial charge on any atom is 0.137 e. The number of aryl methyl sites for hydroxylation is 1. The molecule has 1 aromatic carbocycles. The van der Waals surface area contributed by atoms with Crippen LogP contribution in [0.5, 0.6) is 0 Å². The summed E-state index contributed by atoms with van der Waals surface area (Å²) in [6.07, 6.45) is 0.783. The lowest BCUT2D eigenvalue weighted by Crippen LogP contribution is -1.97. The highest BCUT2D eigenvalue weighted by Crippen LogP contribution is 2.25. The Morgan fingerprint density at radius 3 is 2.44 bits per heavy atom. The van der Waals surface area contributed by atoms with Crippen LogP contribution in [0.4, 0.5) is 0 Å². The molecule has 0 spiro atoms. The highest BCUT2D eigenvalue weighted by Gasteiger charge is 2.15. The number of nitrogens with zero attached hydrogens (tertiary/aromatic N) is 3. The van der Waals surface area contributed by atoms with Crippen molar-refractivity contribution in [3.05, 3.63) is 46.2 Å². The molecule has 0 aliphatic heterocycles. The summed E-state index contributed by atoms with van der Waals surface area (Å²) in [5.41, 5.74) is 3.20. The van der Waals surface area contributed by atoms with E-state index in [1.807, 2.05) is 19.1 Å². The number of alkyl halides is 1. The minimum Gasteiger partial charge on any atom is -0.222 e. The Morgan fingerprint density at radius 2 is 2.00 bits per heavy atom. The van der Waals surface area contributed by atoms with Gasteiger partial charge in [0.25, 0.3) is 0 Å². The van der Waals surface area contributed by atoms with Crippen LogP contribution >= 0.6 is 23.2 Å². The number of hydrogen-bond acceptors (Lipinski definition) is 2. The quantitative estimate of drug-likeness (QED) is 0.804. The molecule has 3 nitrogen and oxygen atoms in total. The molecule has 0 atom stereocenters. The van der Waals surface area contributed by atoms with Crippen LogP contribution in [-0.2, 0) is 12.3 Å². The summed E-state index contributed by atoms with van der Waals surface area (Å²) in [5.74, 6) is 0.346. The van der Waals surface area contributed by atoms with Crippen LogP contribution in [0.15, 0.2) is 24.3 Å². The van der Waals surface area contributed by atoms with Crippen LogP contribution in [0.2, 0.25) is 5.15 Å². The molecule has 0 bridgehead atoms. The third-order valence-electron chi connectivity index (χ3n) is 2.71. The fourth-order valence-corrected chi connectivity index (χ4v) is 2.40. The number of rotatable bonds is 3. The molecule has 2 rings (SSSR count). The van der Waals surface area contributed by atoms with Gasteiger partial charge in [0, 0.05) is 5.56 Å². The predicted octanol–water partition coefficient (Wildman–Crippen LogP) is 3.70. The van der Waals surface area contributed by atoms with E-state index in [0.29, 0.717) is 16.6 Å². The molecule has 2 aromatic rings. The summed E-state index contributed by atoms with van der Waals surface area (Å²) in [7, 11) is 0. The van der Waals surface area contributed by atoms with Gasteiger partial charge in [-0.3, -0.25) is 0 Å². The zero-order valence-electron chi connectivity index (χ0n) is 9.82. The molecule has 1 heterocycles. The van der Waals surface area contributed by atoms with Gasteiger partial charge in [-0.15, -0.1) is 11.6 Å². The zero-order valence-corrected chi connectivity index (χ0v) is 11.3. The molecule has 92 valence electrons. The van der Waals surface area contributed by atoms with Crippen molar-refractivity contribution >= 4 is 23.2 Å². The van der Waals surface area contributed by atoms with Gasteiger partial charge in [0.05, 0.1) is 28.9 Å². The molecule has 0 radical (unpaired) electrons. The first-order valence-corrected chi connectivity index (χ1v) is 6.45. The van der Waals surface area contributed by atoms with Crippen LogP contribution in [-0.4, -0.2) is 9.78 Å². The van der Waals surface area contributed by atoms with Gasteiger partial charge in [0.1, 0.15) is 5.15 Å². The van der Waals surface area contributed by atoms with Crippen molar-refractivity contribution in [2.24, 2.45) is 0 Å². The van der Waals surface area contributed by atoms with Crippen molar-refractivity contribution in [3.8, 4) is 11.8 Å². The second-order valence-corrected chi connectivity index (χ2v) is 4.40. The largest absolute Gasteiger partial charge is 0.222 e. The number of aromatic nitrogens is 2. The van der Waals surface area contributed by atoms with E-state index in [1.165, 1.54) is 0 Å². The van der Waals surface area contributed by atoms with Crippen LogP contribution in [0.25, 0.3) is 5.69 Å². The van der Waals surface area contributed by atoms with E-state index in [1.54, 1.807) is 16.8 Å². The van der Waals surface area contributed by atoms with Crippen LogP contribution in [0, 0.1) is 11.3 Å². The fourth-order valence-electron chi connectivity index (χ4n) is 1.74. The van der Waals surface area contributed by atoms with Crippen molar-refractivity contribution in [2.45, 2.75) is 19.2 Å². The van der Waals surface area contributed by atoms with Gasteiger partial charge in [-0.2, -0.15) is 10.4 Å². The zero-order chi connectivity index (χ0) is 13.1. The number of hydrogen-bond donors (Lipinski definition) is 0. The average Bonchev–Trinajstić information content (AvgIpc) is 2.75. The summed E-state index contributed by atoms with van der Waals surface area (Å²) < 4.78 is 1.65. The predicted molar refractivity (Wildman–Crippen MR) is 72.2 cm³/mol. The van der Waals surface area contributed by atoms with Gasteiger partial charge in [-0.1, -0.05) is 18.5 Å². The Kier molecular flexibility index (Phi) is 3.90. The molecule has 0 aliphatic carbocycles. The summed E-state index contributed by atoms with van der Waals surface area (Å²) in [6, 6.07) is 9.18. The van der Waals surface area contributed by atoms with Gasteiger partial charge in [0.15, 0.2) is 0 Å². The monoisotopic (exact) mass is 279 g/mol. The van der Waals surface area contributed by atoms with Gasteiger partial charge in [0.2, 0.25) is 0 Å². The third kappa shape index (κ3) is 2.22. The third-order valence-corrected chi connectivity index (χ3v) is 3.37. The smallest absolute Gasteiger partial charge is 0.137 e. The molecule has 0 fully saturated rings. The number of benzene rings is 1. The Hall–Kier alpha value is -1.50. The maximum atomic E-state index is 8.76. The minimum atomic E-state index is 0.346. The number of halogens is 2. The highest BCUT2D eigenvalue weighted by molar-refractivity contribution is 6.31. The van der Waals surface area contributed by atoms with Gasteiger partial charge < -0.3 is 0 Å².